The lowest BCUT2D eigenvalue weighted by Gasteiger charge is -2.23. The molecular formula is C27H23BrN2O7S. The van der Waals surface area contributed by atoms with E-state index in [0.29, 0.717) is 39.2 Å². The summed E-state index contributed by atoms with van der Waals surface area (Å²) in [7, 11) is 1.52. The van der Waals surface area contributed by atoms with E-state index in [1.54, 1.807) is 50.2 Å². The van der Waals surface area contributed by atoms with Gasteiger partial charge in [-0.15, -0.1) is 0 Å². The van der Waals surface area contributed by atoms with Gasteiger partial charge in [0.15, 0.2) is 22.1 Å². The lowest BCUT2D eigenvalue weighted by atomic mass is 9.98. The van der Waals surface area contributed by atoms with Gasteiger partial charge < -0.3 is 18.6 Å². The number of hydrogen-bond acceptors (Lipinski definition) is 9. The van der Waals surface area contributed by atoms with Gasteiger partial charge in [0.2, 0.25) is 5.76 Å². The SMILES string of the molecule is CCOC(=O)c1sc(N2C(=O)c3oc4ccc(Br)cc4c(=O)c3C2c2ccc(OCC)c(OC)c2)nc1C. The minimum atomic E-state index is -0.887. The molecule has 1 aliphatic rings. The van der Waals surface area contributed by atoms with Gasteiger partial charge in [-0.25, -0.2) is 9.78 Å². The maximum atomic E-state index is 13.9. The molecule has 1 aliphatic heterocycles. The van der Waals surface area contributed by atoms with Crippen molar-refractivity contribution < 1.29 is 28.2 Å². The Bertz CT molecular complexity index is 1640. The fraction of sp³-hybridized carbons (Fsp3) is 0.259. The lowest BCUT2D eigenvalue weighted by molar-refractivity contribution is 0.0531. The summed E-state index contributed by atoms with van der Waals surface area (Å²) in [6, 6.07) is 9.37. The summed E-state index contributed by atoms with van der Waals surface area (Å²) >= 11 is 4.43. The number of carbonyl (C=O) groups is 2. The molecule has 0 aliphatic carbocycles. The van der Waals surface area contributed by atoms with Crippen molar-refractivity contribution in [3.05, 3.63) is 78.6 Å². The van der Waals surface area contributed by atoms with Crippen LogP contribution in [0.5, 0.6) is 11.5 Å². The number of amides is 1. The summed E-state index contributed by atoms with van der Waals surface area (Å²) in [5.74, 6) is -0.168. The van der Waals surface area contributed by atoms with Gasteiger partial charge >= 0.3 is 5.97 Å². The number of thiazole rings is 1. The van der Waals surface area contributed by atoms with Crippen LogP contribution >= 0.6 is 27.3 Å². The third-order valence-corrected chi connectivity index (χ3v) is 7.72. The van der Waals surface area contributed by atoms with E-state index in [2.05, 4.69) is 20.9 Å². The second-order valence-corrected chi connectivity index (χ2v) is 10.3. The minimum absolute atomic E-state index is 0.0757. The Labute approximate surface area is 230 Å². The largest absolute Gasteiger partial charge is 0.493 e. The van der Waals surface area contributed by atoms with Crippen molar-refractivity contribution in [2.75, 3.05) is 25.2 Å². The van der Waals surface area contributed by atoms with E-state index in [1.165, 1.54) is 12.0 Å². The number of anilines is 1. The Morgan fingerprint density at radius 2 is 1.92 bits per heavy atom. The molecule has 0 bridgehead atoms. The van der Waals surface area contributed by atoms with Crippen LogP contribution in [0.4, 0.5) is 5.13 Å². The first-order valence-electron chi connectivity index (χ1n) is 11.8. The molecule has 4 aromatic rings. The van der Waals surface area contributed by atoms with Crippen LogP contribution in [-0.4, -0.2) is 37.2 Å². The van der Waals surface area contributed by atoms with E-state index in [1.807, 2.05) is 6.92 Å². The molecule has 2 aromatic carbocycles. The Morgan fingerprint density at radius 1 is 1.13 bits per heavy atom. The van der Waals surface area contributed by atoms with Gasteiger partial charge in [0.25, 0.3) is 5.91 Å². The van der Waals surface area contributed by atoms with E-state index in [0.717, 1.165) is 11.3 Å². The third-order valence-electron chi connectivity index (χ3n) is 6.09. The number of benzene rings is 2. The summed E-state index contributed by atoms with van der Waals surface area (Å²) in [5, 5.41) is 0.572. The molecule has 0 spiro atoms. The van der Waals surface area contributed by atoms with Gasteiger partial charge in [-0.1, -0.05) is 33.3 Å². The summed E-state index contributed by atoms with van der Waals surface area (Å²) in [6.45, 7) is 5.89. The smallest absolute Gasteiger partial charge is 0.350 e. The van der Waals surface area contributed by atoms with Crippen molar-refractivity contribution in [2.24, 2.45) is 0 Å². The first-order chi connectivity index (χ1) is 18.3. The first kappa shape index (κ1) is 25.9. The summed E-state index contributed by atoms with van der Waals surface area (Å²) in [4.78, 5) is 46.4. The van der Waals surface area contributed by atoms with Gasteiger partial charge in [0, 0.05) is 4.47 Å². The molecule has 9 nitrogen and oxygen atoms in total. The standard InChI is InChI=1S/C27H23BrN2O7S/c1-5-35-18-9-7-14(11-19(18)34-4)21-20-22(31)16-12-15(28)8-10-17(16)37-23(20)25(32)30(21)27-29-13(3)24(38-27)26(33)36-6-2/h7-12,21H,5-6H2,1-4H3. The fourth-order valence-electron chi connectivity index (χ4n) is 4.46. The van der Waals surface area contributed by atoms with E-state index < -0.39 is 17.9 Å². The van der Waals surface area contributed by atoms with Crippen LogP contribution in [0.2, 0.25) is 0 Å². The Morgan fingerprint density at radius 3 is 2.63 bits per heavy atom. The van der Waals surface area contributed by atoms with E-state index in [4.69, 9.17) is 18.6 Å². The maximum Gasteiger partial charge on any atom is 0.350 e. The van der Waals surface area contributed by atoms with Crippen molar-refractivity contribution in [3.8, 4) is 11.5 Å². The summed E-state index contributed by atoms with van der Waals surface area (Å²) in [6.07, 6.45) is 0. The normalized spacial score (nSPS) is 14.6. The van der Waals surface area contributed by atoms with Gasteiger partial charge in [-0.3, -0.25) is 14.5 Å². The van der Waals surface area contributed by atoms with Crippen LogP contribution < -0.4 is 19.8 Å². The highest BCUT2D eigenvalue weighted by Gasteiger charge is 2.45. The molecule has 0 saturated carbocycles. The predicted molar refractivity (Wildman–Crippen MR) is 146 cm³/mol. The summed E-state index contributed by atoms with van der Waals surface area (Å²) in [5.41, 5.74) is 1.14. The molecule has 1 atom stereocenters. The van der Waals surface area contributed by atoms with Crippen LogP contribution in [-0.2, 0) is 4.74 Å². The van der Waals surface area contributed by atoms with E-state index >= 15 is 0 Å². The number of aryl methyl sites for hydroxylation is 1. The molecule has 5 rings (SSSR count). The lowest BCUT2D eigenvalue weighted by Crippen LogP contribution is -2.29. The second kappa shape index (κ2) is 10.2. The number of hydrogen-bond donors (Lipinski definition) is 0. The number of nitrogens with zero attached hydrogens (tertiary/aromatic N) is 2. The quantitative estimate of drug-likeness (QED) is 0.251. The number of fused-ring (bicyclic) bond motifs is 2. The average molecular weight is 599 g/mol. The monoisotopic (exact) mass is 598 g/mol. The highest BCUT2D eigenvalue weighted by Crippen LogP contribution is 2.45. The molecule has 1 unspecified atom stereocenters. The van der Waals surface area contributed by atoms with Gasteiger partial charge in [0.1, 0.15) is 10.5 Å². The maximum absolute atomic E-state index is 13.9. The molecule has 0 saturated heterocycles. The van der Waals surface area contributed by atoms with Crippen molar-refractivity contribution in [3.63, 3.8) is 0 Å². The van der Waals surface area contributed by atoms with Crippen molar-refractivity contribution >= 4 is 55.2 Å². The zero-order valence-corrected chi connectivity index (χ0v) is 23.4. The number of halogens is 1. The van der Waals surface area contributed by atoms with Crippen LogP contribution in [0.1, 0.15) is 56.9 Å². The predicted octanol–water partition coefficient (Wildman–Crippen LogP) is 5.65. The number of aromatic nitrogens is 1. The highest BCUT2D eigenvalue weighted by atomic mass is 79.9. The van der Waals surface area contributed by atoms with Gasteiger partial charge in [-0.2, -0.15) is 0 Å². The molecule has 11 heteroatoms. The van der Waals surface area contributed by atoms with Crippen molar-refractivity contribution in [1.29, 1.82) is 0 Å². The zero-order chi connectivity index (χ0) is 27.1. The van der Waals surface area contributed by atoms with E-state index in [-0.39, 0.29) is 39.0 Å². The van der Waals surface area contributed by atoms with Gasteiger partial charge in [-0.05, 0) is 56.7 Å². The van der Waals surface area contributed by atoms with Crippen LogP contribution in [0.15, 0.2) is 50.1 Å². The fourth-order valence-corrected chi connectivity index (χ4v) is 5.81. The molecule has 196 valence electrons. The number of methoxy groups -OCH3 is 1. The third kappa shape index (κ3) is 4.25. The average Bonchev–Trinajstić information content (AvgIpc) is 3.42. The van der Waals surface area contributed by atoms with Crippen molar-refractivity contribution in [2.45, 2.75) is 26.8 Å². The number of carbonyl (C=O) groups excluding carboxylic acids is 2. The molecule has 0 fully saturated rings. The first-order valence-corrected chi connectivity index (χ1v) is 13.4. The molecule has 2 aromatic heterocycles. The minimum Gasteiger partial charge on any atom is -0.493 e. The van der Waals surface area contributed by atoms with Crippen LogP contribution in [0.3, 0.4) is 0 Å². The Balaban J connectivity index is 1.76. The molecule has 38 heavy (non-hydrogen) atoms. The molecule has 0 N–H and O–H groups in total. The van der Waals surface area contributed by atoms with Crippen LogP contribution in [0, 0.1) is 6.92 Å². The molecule has 1 amide bonds. The zero-order valence-electron chi connectivity index (χ0n) is 21.0. The van der Waals surface area contributed by atoms with Crippen molar-refractivity contribution in [1.82, 2.24) is 4.98 Å². The number of ether oxygens (including phenoxy) is 3. The number of esters is 1. The Kier molecular flexibility index (Phi) is 6.97. The van der Waals surface area contributed by atoms with Gasteiger partial charge in [0.05, 0.1) is 43.0 Å². The van der Waals surface area contributed by atoms with Crippen LogP contribution in [0.25, 0.3) is 11.0 Å². The topological polar surface area (TPSA) is 108 Å². The van der Waals surface area contributed by atoms with E-state index in [9.17, 15) is 14.4 Å². The number of rotatable bonds is 7. The Hall–Kier alpha value is -3.70. The molecule has 0 radical (unpaired) electrons. The molecule has 3 heterocycles. The summed E-state index contributed by atoms with van der Waals surface area (Å²) < 4.78 is 23.1. The highest BCUT2D eigenvalue weighted by molar-refractivity contribution is 9.10. The molecular weight excluding hydrogens is 576 g/mol. The second-order valence-electron chi connectivity index (χ2n) is 8.37.